The van der Waals surface area contributed by atoms with E-state index in [0.717, 1.165) is 5.56 Å². The summed E-state index contributed by atoms with van der Waals surface area (Å²) in [6.07, 6.45) is 0. The molecule has 1 amide bonds. The van der Waals surface area contributed by atoms with E-state index in [1.54, 1.807) is 45.4 Å². The van der Waals surface area contributed by atoms with Gasteiger partial charge in [-0.1, -0.05) is 12.1 Å². The Hall–Kier alpha value is -2.93. The maximum atomic E-state index is 13.7. The number of thiazole rings is 1. The van der Waals surface area contributed by atoms with Crippen molar-refractivity contribution in [2.75, 3.05) is 19.5 Å². The number of hydrogen-bond acceptors (Lipinski definition) is 5. The number of rotatable bonds is 5. The first-order valence-electron chi connectivity index (χ1n) is 7.79. The summed E-state index contributed by atoms with van der Waals surface area (Å²) in [5.74, 6) is 0.317. The second-order valence-electron chi connectivity index (χ2n) is 5.44. The minimum absolute atomic E-state index is 0.137. The zero-order valence-corrected chi connectivity index (χ0v) is 15.3. The number of aromatic nitrogens is 1. The third-order valence-corrected chi connectivity index (χ3v) is 4.96. The molecule has 0 saturated carbocycles. The Morgan fingerprint density at radius 2 is 1.85 bits per heavy atom. The average Bonchev–Trinajstić information content (AvgIpc) is 3.04. The van der Waals surface area contributed by atoms with Crippen LogP contribution in [-0.2, 0) is 0 Å². The lowest BCUT2D eigenvalue weighted by molar-refractivity contribution is 0.102. The Morgan fingerprint density at radius 1 is 1.12 bits per heavy atom. The predicted molar refractivity (Wildman–Crippen MR) is 99.7 cm³/mol. The summed E-state index contributed by atoms with van der Waals surface area (Å²) in [6.45, 7) is 1.75. The van der Waals surface area contributed by atoms with Crippen LogP contribution in [0.15, 0.2) is 42.5 Å². The molecule has 0 bridgehead atoms. The van der Waals surface area contributed by atoms with Crippen LogP contribution in [0, 0.1) is 12.7 Å². The minimum atomic E-state index is -0.483. The fourth-order valence-electron chi connectivity index (χ4n) is 2.44. The van der Waals surface area contributed by atoms with Gasteiger partial charge in [0.1, 0.15) is 15.7 Å². The summed E-state index contributed by atoms with van der Waals surface area (Å²) >= 11 is 1.24. The highest BCUT2D eigenvalue weighted by molar-refractivity contribution is 7.17. The molecule has 2 aromatic carbocycles. The Morgan fingerprint density at radius 3 is 2.54 bits per heavy atom. The molecule has 0 spiro atoms. The summed E-state index contributed by atoms with van der Waals surface area (Å²) in [6, 6.07) is 11.5. The van der Waals surface area contributed by atoms with Gasteiger partial charge in [-0.05, 0) is 37.3 Å². The molecule has 0 aliphatic carbocycles. The fraction of sp³-hybridized carbons (Fsp3) is 0.158. The van der Waals surface area contributed by atoms with Gasteiger partial charge in [-0.2, -0.15) is 0 Å². The molecule has 0 radical (unpaired) electrons. The number of benzene rings is 2. The molecule has 5 nitrogen and oxygen atoms in total. The van der Waals surface area contributed by atoms with Gasteiger partial charge in [0.25, 0.3) is 5.91 Å². The monoisotopic (exact) mass is 372 g/mol. The first-order chi connectivity index (χ1) is 12.5. The lowest BCUT2D eigenvalue weighted by atomic mass is 10.2. The smallest absolute Gasteiger partial charge is 0.267 e. The van der Waals surface area contributed by atoms with E-state index >= 15 is 0 Å². The highest BCUT2D eigenvalue weighted by Crippen LogP contribution is 2.35. The number of carbonyl (C=O) groups is 1. The van der Waals surface area contributed by atoms with Crippen molar-refractivity contribution in [3.63, 3.8) is 0 Å². The van der Waals surface area contributed by atoms with Gasteiger partial charge < -0.3 is 14.8 Å². The highest BCUT2D eigenvalue weighted by atomic mass is 32.1. The summed E-state index contributed by atoms with van der Waals surface area (Å²) in [7, 11) is 3.12. The lowest BCUT2D eigenvalue weighted by Gasteiger charge is -2.08. The zero-order valence-electron chi connectivity index (χ0n) is 14.5. The third-order valence-electron chi connectivity index (χ3n) is 3.76. The number of carbonyl (C=O) groups excluding carboxylic acids is 1. The van der Waals surface area contributed by atoms with E-state index in [1.165, 1.54) is 23.5 Å². The van der Waals surface area contributed by atoms with Crippen LogP contribution in [0.4, 0.5) is 10.1 Å². The molecular weight excluding hydrogens is 355 g/mol. The molecule has 0 saturated heterocycles. The largest absolute Gasteiger partial charge is 0.493 e. The minimum Gasteiger partial charge on any atom is -0.493 e. The molecule has 0 fully saturated rings. The molecule has 3 aromatic rings. The number of anilines is 1. The number of hydrogen-bond donors (Lipinski definition) is 1. The van der Waals surface area contributed by atoms with Gasteiger partial charge in [-0.15, -0.1) is 11.3 Å². The number of halogens is 1. The van der Waals surface area contributed by atoms with E-state index < -0.39 is 11.7 Å². The number of aryl methyl sites for hydroxylation is 1. The standard InChI is InChI=1S/C19H17FN2O3S/c1-11-17(18(23)22-14-7-5-4-6-13(14)20)26-19(21-11)12-8-9-15(24-2)16(10-12)25-3/h4-10H,1-3H3,(H,22,23). The van der Waals surface area contributed by atoms with E-state index in [4.69, 9.17) is 9.47 Å². The summed E-state index contributed by atoms with van der Waals surface area (Å²) in [5.41, 5.74) is 1.52. The first kappa shape index (κ1) is 17.9. The number of methoxy groups -OCH3 is 2. The van der Waals surface area contributed by atoms with Crippen molar-refractivity contribution in [2.24, 2.45) is 0 Å². The van der Waals surface area contributed by atoms with Crippen molar-refractivity contribution in [3.8, 4) is 22.1 Å². The van der Waals surface area contributed by atoms with Gasteiger partial charge >= 0.3 is 0 Å². The normalized spacial score (nSPS) is 10.5. The SMILES string of the molecule is COc1ccc(-c2nc(C)c(C(=O)Nc3ccccc3F)s2)cc1OC. The Kier molecular flexibility index (Phi) is 5.18. The average molecular weight is 372 g/mol. The maximum absolute atomic E-state index is 13.7. The molecule has 0 aliphatic rings. The molecule has 0 unspecified atom stereocenters. The van der Waals surface area contributed by atoms with Crippen LogP contribution >= 0.6 is 11.3 Å². The molecule has 26 heavy (non-hydrogen) atoms. The van der Waals surface area contributed by atoms with Gasteiger partial charge in [-0.25, -0.2) is 9.37 Å². The molecule has 0 atom stereocenters. The van der Waals surface area contributed by atoms with Crippen LogP contribution in [0.25, 0.3) is 10.6 Å². The van der Waals surface area contributed by atoms with Crippen molar-refractivity contribution in [2.45, 2.75) is 6.92 Å². The molecular formula is C19H17FN2O3S. The number of nitrogens with zero attached hydrogens (tertiary/aromatic N) is 1. The number of ether oxygens (including phenoxy) is 2. The third kappa shape index (κ3) is 3.52. The van der Waals surface area contributed by atoms with Crippen LogP contribution < -0.4 is 14.8 Å². The quantitative estimate of drug-likeness (QED) is 0.715. The van der Waals surface area contributed by atoms with Crippen LogP contribution in [0.5, 0.6) is 11.5 Å². The van der Waals surface area contributed by atoms with Gasteiger partial charge in [0.05, 0.1) is 25.6 Å². The number of para-hydroxylation sites is 1. The van der Waals surface area contributed by atoms with Crippen LogP contribution in [-0.4, -0.2) is 25.1 Å². The second kappa shape index (κ2) is 7.53. The van der Waals surface area contributed by atoms with Gasteiger partial charge in [0, 0.05) is 5.56 Å². The lowest BCUT2D eigenvalue weighted by Crippen LogP contribution is -2.12. The van der Waals surface area contributed by atoms with Crippen molar-refractivity contribution in [1.82, 2.24) is 4.98 Å². The predicted octanol–water partition coefficient (Wildman–Crippen LogP) is 4.53. The molecule has 1 aromatic heterocycles. The molecule has 3 rings (SSSR count). The van der Waals surface area contributed by atoms with E-state index in [9.17, 15) is 9.18 Å². The van der Waals surface area contributed by atoms with E-state index in [2.05, 4.69) is 10.3 Å². The Balaban J connectivity index is 1.90. The van der Waals surface area contributed by atoms with Gasteiger partial charge in [-0.3, -0.25) is 4.79 Å². The first-order valence-corrected chi connectivity index (χ1v) is 8.61. The zero-order chi connectivity index (χ0) is 18.7. The molecule has 134 valence electrons. The van der Waals surface area contributed by atoms with E-state index in [0.29, 0.717) is 27.1 Å². The van der Waals surface area contributed by atoms with Crippen molar-refractivity contribution >= 4 is 22.9 Å². The molecule has 7 heteroatoms. The number of amides is 1. The Labute approximate surface area is 154 Å². The van der Waals surface area contributed by atoms with E-state index in [-0.39, 0.29) is 5.69 Å². The summed E-state index contributed by atoms with van der Waals surface area (Å²) < 4.78 is 24.3. The van der Waals surface area contributed by atoms with Crippen molar-refractivity contribution in [1.29, 1.82) is 0 Å². The van der Waals surface area contributed by atoms with Crippen molar-refractivity contribution < 1.29 is 18.7 Å². The van der Waals surface area contributed by atoms with E-state index in [1.807, 2.05) is 6.07 Å². The second-order valence-corrected chi connectivity index (χ2v) is 6.44. The Bertz CT molecular complexity index is 956. The van der Waals surface area contributed by atoms with Gasteiger partial charge in [0.2, 0.25) is 0 Å². The fourth-order valence-corrected chi connectivity index (χ4v) is 3.40. The van der Waals surface area contributed by atoms with Crippen molar-refractivity contribution in [3.05, 3.63) is 58.9 Å². The highest BCUT2D eigenvalue weighted by Gasteiger charge is 2.18. The van der Waals surface area contributed by atoms with Crippen LogP contribution in [0.1, 0.15) is 15.4 Å². The summed E-state index contributed by atoms with van der Waals surface area (Å²) in [4.78, 5) is 17.4. The number of nitrogens with one attached hydrogen (secondary N) is 1. The van der Waals surface area contributed by atoms with Crippen LogP contribution in [0.2, 0.25) is 0 Å². The van der Waals surface area contributed by atoms with Gasteiger partial charge in [0.15, 0.2) is 11.5 Å². The summed E-state index contributed by atoms with van der Waals surface area (Å²) in [5, 5.41) is 3.25. The maximum Gasteiger partial charge on any atom is 0.267 e. The van der Waals surface area contributed by atoms with Crippen LogP contribution in [0.3, 0.4) is 0 Å². The topological polar surface area (TPSA) is 60.5 Å². The molecule has 0 aliphatic heterocycles. The molecule has 1 N–H and O–H groups in total. The molecule has 1 heterocycles.